The Morgan fingerprint density at radius 3 is 2.25 bits per heavy atom. The molecule has 0 fully saturated rings. The predicted molar refractivity (Wildman–Crippen MR) is 125 cm³/mol. The van der Waals surface area contributed by atoms with E-state index in [9.17, 15) is 9.59 Å². The summed E-state index contributed by atoms with van der Waals surface area (Å²) in [6.45, 7) is 0. The molecule has 2 N–H and O–H groups in total. The molecule has 0 spiro atoms. The highest BCUT2D eigenvalue weighted by Crippen LogP contribution is 2.35. The molecule has 2 heterocycles. The lowest BCUT2D eigenvalue weighted by Crippen LogP contribution is -2.26. The molecule has 158 valence electrons. The number of halogens is 2. The SMILES string of the molecule is NC(=O)c1ccc(C(=O)N(c2ccncc2)c2ccc(Cl)c(-c3ccccn3)c2)c(Cl)c1. The minimum Gasteiger partial charge on any atom is -0.366 e. The third-order valence-electron chi connectivity index (χ3n) is 4.76. The summed E-state index contributed by atoms with van der Waals surface area (Å²) in [6.07, 6.45) is 4.84. The van der Waals surface area contributed by atoms with Gasteiger partial charge in [-0.15, -0.1) is 0 Å². The third kappa shape index (κ3) is 4.32. The van der Waals surface area contributed by atoms with Crippen molar-refractivity contribution < 1.29 is 9.59 Å². The van der Waals surface area contributed by atoms with Crippen LogP contribution < -0.4 is 10.6 Å². The summed E-state index contributed by atoms with van der Waals surface area (Å²) in [5, 5.41) is 0.614. The molecule has 8 heteroatoms. The highest BCUT2D eigenvalue weighted by Gasteiger charge is 2.23. The van der Waals surface area contributed by atoms with Crippen molar-refractivity contribution in [3.63, 3.8) is 0 Å². The predicted octanol–water partition coefficient (Wildman–Crippen LogP) is 5.53. The van der Waals surface area contributed by atoms with E-state index >= 15 is 0 Å². The molecular weight excluding hydrogens is 447 g/mol. The molecule has 4 aromatic rings. The number of pyridine rings is 2. The molecule has 32 heavy (non-hydrogen) atoms. The van der Waals surface area contributed by atoms with Gasteiger partial charge in [0, 0.05) is 35.4 Å². The highest BCUT2D eigenvalue weighted by atomic mass is 35.5. The number of amides is 2. The van der Waals surface area contributed by atoms with Crippen LogP contribution in [0.1, 0.15) is 20.7 Å². The normalized spacial score (nSPS) is 10.6. The maximum Gasteiger partial charge on any atom is 0.264 e. The lowest BCUT2D eigenvalue weighted by atomic mass is 10.1. The molecule has 0 aliphatic heterocycles. The first-order valence-corrected chi connectivity index (χ1v) is 10.3. The van der Waals surface area contributed by atoms with Crippen LogP contribution in [0.2, 0.25) is 10.0 Å². The van der Waals surface area contributed by atoms with E-state index in [2.05, 4.69) is 9.97 Å². The summed E-state index contributed by atoms with van der Waals surface area (Å²) in [7, 11) is 0. The van der Waals surface area contributed by atoms with Gasteiger partial charge in [0.2, 0.25) is 5.91 Å². The van der Waals surface area contributed by atoms with Crippen molar-refractivity contribution in [2.45, 2.75) is 0 Å². The maximum absolute atomic E-state index is 13.6. The summed E-state index contributed by atoms with van der Waals surface area (Å²) < 4.78 is 0. The van der Waals surface area contributed by atoms with Gasteiger partial charge in [-0.1, -0.05) is 29.3 Å². The molecular formula is C24H16Cl2N4O2. The monoisotopic (exact) mass is 462 g/mol. The zero-order valence-corrected chi connectivity index (χ0v) is 18.1. The van der Waals surface area contributed by atoms with Gasteiger partial charge >= 0.3 is 0 Å². The molecule has 0 saturated carbocycles. The second-order valence-electron chi connectivity index (χ2n) is 6.78. The molecule has 0 bridgehead atoms. The molecule has 4 rings (SSSR count). The maximum atomic E-state index is 13.6. The first-order valence-electron chi connectivity index (χ1n) is 9.50. The molecule has 0 unspecified atom stereocenters. The van der Waals surface area contributed by atoms with Crippen LogP contribution in [0.3, 0.4) is 0 Å². The minimum atomic E-state index is -0.630. The van der Waals surface area contributed by atoms with Gasteiger partial charge in [-0.05, 0) is 60.7 Å². The number of nitrogens with zero attached hydrogens (tertiary/aromatic N) is 3. The van der Waals surface area contributed by atoms with E-state index in [1.165, 1.54) is 23.1 Å². The number of nitrogens with two attached hydrogens (primary N) is 1. The Morgan fingerprint density at radius 2 is 1.59 bits per heavy atom. The van der Waals surface area contributed by atoms with Gasteiger partial charge < -0.3 is 5.73 Å². The molecule has 2 amide bonds. The number of rotatable bonds is 5. The summed E-state index contributed by atoms with van der Waals surface area (Å²) in [5.74, 6) is -1.03. The van der Waals surface area contributed by atoms with Crippen molar-refractivity contribution in [1.29, 1.82) is 0 Å². The van der Waals surface area contributed by atoms with Crippen LogP contribution in [0.15, 0.2) is 85.3 Å². The molecule has 0 aliphatic carbocycles. The zero-order valence-electron chi connectivity index (χ0n) is 16.6. The lowest BCUT2D eigenvalue weighted by molar-refractivity contribution is 0.0988. The zero-order chi connectivity index (χ0) is 22.7. The van der Waals surface area contributed by atoms with E-state index in [0.717, 1.165) is 0 Å². The number of carbonyl (C=O) groups excluding carboxylic acids is 2. The minimum absolute atomic E-state index is 0.115. The van der Waals surface area contributed by atoms with E-state index in [1.807, 2.05) is 18.2 Å². The van der Waals surface area contributed by atoms with Gasteiger partial charge in [-0.25, -0.2) is 0 Å². The summed E-state index contributed by atoms with van der Waals surface area (Å²) in [4.78, 5) is 35.0. The average Bonchev–Trinajstić information content (AvgIpc) is 2.81. The fourth-order valence-corrected chi connectivity index (χ4v) is 3.69. The lowest BCUT2D eigenvalue weighted by Gasteiger charge is -2.24. The summed E-state index contributed by atoms with van der Waals surface area (Å²) >= 11 is 12.8. The Balaban J connectivity index is 1.85. The molecule has 0 aliphatic rings. The van der Waals surface area contributed by atoms with Crippen molar-refractivity contribution in [3.8, 4) is 11.3 Å². The van der Waals surface area contributed by atoms with Crippen LogP contribution in [0.4, 0.5) is 11.4 Å². The van der Waals surface area contributed by atoms with Gasteiger partial charge in [0.25, 0.3) is 5.91 Å². The van der Waals surface area contributed by atoms with E-state index in [0.29, 0.717) is 27.7 Å². The number of hydrogen-bond donors (Lipinski definition) is 1. The Hall–Kier alpha value is -3.74. The summed E-state index contributed by atoms with van der Waals surface area (Å²) in [6, 6.07) is 18.5. The number of benzene rings is 2. The van der Waals surface area contributed by atoms with E-state index in [4.69, 9.17) is 28.9 Å². The molecule has 2 aromatic heterocycles. The molecule has 0 radical (unpaired) electrons. The van der Waals surface area contributed by atoms with Gasteiger partial charge in [0.05, 0.1) is 27.0 Å². The number of primary amides is 1. The second-order valence-corrected chi connectivity index (χ2v) is 7.60. The molecule has 0 saturated heterocycles. The Labute approximate surface area is 194 Å². The fourth-order valence-electron chi connectivity index (χ4n) is 3.21. The first-order chi connectivity index (χ1) is 15.5. The van der Waals surface area contributed by atoms with E-state index < -0.39 is 11.8 Å². The molecule has 2 aromatic carbocycles. The quantitative estimate of drug-likeness (QED) is 0.422. The Bertz CT molecular complexity index is 1300. The number of anilines is 2. The van der Waals surface area contributed by atoms with E-state index in [-0.39, 0.29) is 16.1 Å². The topological polar surface area (TPSA) is 89.2 Å². The Kier molecular flexibility index (Phi) is 6.16. The number of hydrogen-bond acceptors (Lipinski definition) is 4. The summed E-state index contributed by atoms with van der Waals surface area (Å²) in [5.41, 5.74) is 8.22. The van der Waals surface area contributed by atoms with Gasteiger partial charge in [0.15, 0.2) is 0 Å². The van der Waals surface area contributed by atoms with Crippen LogP contribution in [0, 0.1) is 0 Å². The van der Waals surface area contributed by atoms with Crippen molar-refractivity contribution in [1.82, 2.24) is 9.97 Å². The first kappa shape index (κ1) is 21.5. The highest BCUT2D eigenvalue weighted by molar-refractivity contribution is 6.35. The van der Waals surface area contributed by atoms with Crippen LogP contribution in [-0.4, -0.2) is 21.8 Å². The largest absolute Gasteiger partial charge is 0.366 e. The van der Waals surface area contributed by atoms with Crippen molar-refractivity contribution in [2.75, 3.05) is 4.90 Å². The average molecular weight is 463 g/mol. The van der Waals surface area contributed by atoms with Crippen LogP contribution in [0.5, 0.6) is 0 Å². The van der Waals surface area contributed by atoms with Crippen molar-refractivity contribution in [3.05, 3.63) is 106 Å². The number of carbonyl (C=O) groups is 2. The Morgan fingerprint density at radius 1 is 0.812 bits per heavy atom. The van der Waals surface area contributed by atoms with Crippen molar-refractivity contribution >= 4 is 46.4 Å². The molecule has 6 nitrogen and oxygen atoms in total. The van der Waals surface area contributed by atoms with Gasteiger partial charge in [-0.2, -0.15) is 0 Å². The van der Waals surface area contributed by atoms with Crippen molar-refractivity contribution in [2.24, 2.45) is 5.73 Å². The number of aromatic nitrogens is 2. The van der Waals surface area contributed by atoms with E-state index in [1.54, 1.807) is 48.9 Å². The van der Waals surface area contributed by atoms with Crippen LogP contribution in [-0.2, 0) is 0 Å². The standard InChI is InChI=1S/C24H16Cl2N4O2/c25-20-7-5-17(14-19(20)22-3-1-2-10-29-22)30(16-8-11-28-12-9-16)24(32)18-6-4-15(23(27)31)13-21(18)26/h1-14H,(H2,27,31). The third-order valence-corrected chi connectivity index (χ3v) is 5.40. The fraction of sp³-hybridized carbons (Fsp3) is 0. The molecule has 0 atom stereocenters. The smallest absolute Gasteiger partial charge is 0.264 e. The van der Waals surface area contributed by atoms with Crippen LogP contribution in [0.25, 0.3) is 11.3 Å². The second kappa shape index (κ2) is 9.18. The van der Waals surface area contributed by atoms with Gasteiger partial charge in [-0.3, -0.25) is 24.5 Å². The van der Waals surface area contributed by atoms with Gasteiger partial charge in [0.1, 0.15) is 0 Å². The van der Waals surface area contributed by atoms with Crippen LogP contribution >= 0.6 is 23.2 Å².